The van der Waals surface area contributed by atoms with Crippen LogP contribution in [0.5, 0.6) is 0 Å². The second kappa shape index (κ2) is 11.0. The van der Waals surface area contributed by atoms with Crippen molar-refractivity contribution in [1.82, 2.24) is 5.32 Å². The summed E-state index contributed by atoms with van der Waals surface area (Å²) in [4.78, 5) is 2.40. The highest BCUT2D eigenvalue weighted by Crippen LogP contribution is 2.36. The fourth-order valence-electron chi connectivity index (χ4n) is 4.06. The third-order valence-corrected chi connectivity index (χ3v) is 6.74. The first-order valence-electron chi connectivity index (χ1n) is 10.4. The Morgan fingerprint density at radius 3 is 2.65 bits per heavy atom. The Morgan fingerprint density at radius 2 is 2.00 bits per heavy atom. The molecule has 0 saturated heterocycles. The Balaban J connectivity index is 1.86. The first kappa shape index (κ1) is 21.4. The third-order valence-electron chi connectivity index (χ3n) is 5.67. The van der Waals surface area contributed by atoms with E-state index in [4.69, 9.17) is 5.73 Å². The fraction of sp³-hybridized carbons (Fsp3) is 0.652. The van der Waals surface area contributed by atoms with Gasteiger partial charge in [-0.05, 0) is 73.2 Å². The zero-order valence-corrected chi connectivity index (χ0v) is 17.8. The molecule has 1 aliphatic rings. The Morgan fingerprint density at radius 1 is 1.27 bits per heavy atom. The summed E-state index contributed by atoms with van der Waals surface area (Å²) in [5.74, 6) is 2.24. The van der Waals surface area contributed by atoms with Crippen molar-refractivity contribution in [3.8, 4) is 0 Å². The molecule has 1 aliphatic carbocycles. The second-order valence-electron chi connectivity index (χ2n) is 8.29. The van der Waals surface area contributed by atoms with Crippen molar-refractivity contribution in [3.05, 3.63) is 35.2 Å². The average molecular weight is 375 g/mol. The number of hydrogen-bond acceptors (Lipinski definition) is 3. The van der Waals surface area contributed by atoms with Gasteiger partial charge in [-0.25, -0.2) is 0 Å². The molecule has 0 spiro atoms. The first-order chi connectivity index (χ1) is 12.5. The van der Waals surface area contributed by atoms with Crippen LogP contribution in [0.3, 0.4) is 0 Å². The summed E-state index contributed by atoms with van der Waals surface area (Å²) in [6.07, 6.45) is 10.9. The van der Waals surface area contributed by atoms with Crippen LogP contribution in [-0.4, -0.2) is 13.6 Å². The van der Waals surface area contributed by atoms with E-state index >= 15 is 0 Å². The highest BCUT2D eigenvalue weighted by Gasteiger charge is 2.19. The van der Waals surface area contributed by atoms with Gasteiger partial charge in [0, 0.05) is 10.6 Å². The molecule has 3 heteroatoms. The van der Waals surface area contributed by atoms with E-state index in [0.717, 1.165) is 30.5 Å². The topological polar surface area (TPSA) is 38.0 Å². The first-order valence-corrected chi connectivity index (χ1v) is 11.2. The van der Waals surface area contributed by atoms with E-state index in [1.165, 1.54) is 60.3 Å². The van der Waals surface area contributed by atoms with Gasteiger partial charge in [-0.15, -0.1) is 0 Å². The van der Waals surface area contributed by atoms with Gasteiger partial charge in [0.25, 0.3) is 0 Å². The third kappa shape index (κ3) is 7.00. The summed E-state index contributed by atoms with van der Waals surface area (Å²) >= 11 is 1.77. The summed E-state index contributed by atoms with van der Waals surface area (Å²) in [7, 11) is 2.08. The van der Waals surface area contributed by atoms with Crippen molar-refractivity contribution in [2.45, 2.75) is 76.0 Å². The van der Waals surface area contributed by atoms with E-state index in [2.05, 4.69) is 44.9 Å². The summed E-state index contributed by atoms with van der Waals surface area (Å²) < 4.78 is 0. The van der Waals surface area contributed by atoms with Crippen LogP contribution in [0.4, 0.5) is 5.69 Å². The largest absolute Gasteiger partial charge is 0.398 e. The molecule has 2 rings (SSSR count). The van der Waals surface area contributed by atoms with Gasteiger partial charge in [0.05, 0.1) is 0 Å². The van der Waals surface area contributed by atoms with Crippen molar-refractivity contribution in [1.29, 1.82) is 0 Å². The van der Waals surface area contributed by atoms with Gasteiger partial charge in [0.1, 0.15) is 0 Å². The number of allylic oxidation sites excluding steroid dienone is 1. The van der Waals surface area contributed by atoms with Crippen LogP contribution in [0, 0.1) is 11.8 Å². The molecule has 1 saturated carbocycles. The van der Waals surface area contributed by atoms with Gasteiger partial charge < -0.3 is 11.1 Å². The van der Waals surface area contributed by atoms with E-state index < -0.39 is 0 Å². The second-order valence-corrected chi connectivity index (χ2v) is 9.52. The predicted octanol–water partition coefficient (Wildman–Crippen LogP) is 6.58. The van der Waals surface area contributed by atoms with E-state index in [-0.39, 0.29) is 0 Å². The van der Waals surface area contributed by atoms with Gasteiger partial charge in [-0.2, -0.15) is 0 Å². The number of nitrogen functional groups attached to an aromatic ring is 1. The maximum atomic E-state index is 6.19. The van der Waals surface area contributed by atoms with Gasteiger partial charge in [-0.3, -0.25) is 0 Å². The molecule has 1 fully saturated rings. The maximum Gasteiger partial charge on any atom is 0.0455 e. The van der Waals surface area contributed by atoms with Crippen LogP contribution >= 0.6 is 11.8 Å². The highest BCUT2D eigenvalue weighted by atomic mass is 32.2. The molecule has 0 radical (unpaired) electrons. The Labute approximate surface area is 165 Å². The zero-order chi connectivity index (χ0) is 18.9. The number of benzene rings is 1. The molecule has 3 N–H and O–H groups in total. The molecule has 1 atom stereocenters. The highest BCUT2D eigenvalue weighted by molar-refractivity contribution is 8.03. The molecule has 0 heterocycles. The lowest BCUT2D eigenvalue weighted by Gasteiger charge is -2.26. The number of nitrogens with one attached hydrogen (secondary N) is 1. The van der Waals surface area contributed by atoms with Crippen LogP contribution in [0.25, 0.3) is 0 Å². The summed E-state index contributed by atoms with van der Waals surface area (Å²) in [5.41, 5.74) is 8.41. The Kier molecular flexibility index (Phi) is 9.07. The molecule has 0 aliphatic heterocycles. The smallest absolute Gasteiger partial charge is 0.0455 e. The minimum absolute atomic E-state index is 0.527. The van der Waals surface area contributed by atoms with E-state index in [9.17, 15) is 0 Å². The molecule has 0 bridgehead atoms. The normalized spacial score (nSPS) is 16.8. The maximum absolute atomic E-state index is 6.19. The molecular formula is C23H38N2S. The lowest BCUT2D eigenvalue weighted by Crippen LogP contribution is -2.22. The number of thioether (sulfide) groups is 1. The monoisotopic (exact) mass is 374 g/mol. The average Bonchev–Trinajstić information content (AvgIpc) is 2.62. The number of hydrogen-bond donors (Lipinski definition) is 2. The molecule has 1 aromatic rings. The van der Waals surface area contributed by atoms with Gasteiger partial charge >= 0.3 is 0 Å². The van der Waals surface area contributed by atoms with Crippen molar-refractivity contribution in [2.24, 2.45) is 11.8 Å². The lowest BCUT2D eigenvalue weighted by atomic mass is 9.81. The van der Waals surface area contributed by atoms with E-state index in [0.29, 0.717) is 5.92 Å². The Bertz CT molecular complexity index is 561. The van der Waals surface area contributed by atoms with Gasteiger partial charge in [-0.1, -0.05) is 70.4 Å². The van der Waals surface area contributed by atoms with Crippen molar-refractivity contribution in [3.63, 3.8) is 0 Å². The summed E-state index contributed by atoms with van der Waals surface area (Å²) in [6, 6.07) is 6.42. The predicted molar refractivity (Wildman–Crippen MR) is 118 cm³/mol. The molecular weight excluding hydrogens is 336 g/mol. The van der Waals surface area contributed by atoms with Gasteiger partial charge in [0.2, 0.25) is 0 Å². The van der Waals surface area contributed by atoms with Crippen LogP contribution in [-0.2, 0) is 0 Å². The van der Waals surface area contributed by atoms with Crippen LogP contribution in [0.1, 0.15) is 76.7 Å². The lowest BCUT2D eigenvalue weighted by molar-refractivity contribution is 0.276. The van der Waals surface area contributed by atoms with E-state index in [1.807, 2.05) is 6.07 Å². The molecule has 0 aromatic heterocycles. The molecule has 0 amide bonds. The van der Waals surface area contributed by atoms with Gasteiger partial charge in [0.15, 0.2) is 0 Å². The van der Waals surface area contributed by atoms with Crippen molar-refractivity contribution < 1.29 is 0 Å². The molecule has 26 heavy (non-hydrogen) atoms. The quantitative estimate of drug-likeness (QED) is 0.358. The number of rotatable bonds is 10. The number of anilines is 1. The van der Waals surface area contributed by atoms with Crippen LogP contribution < -0.4 is 11.1 Å². The minimum atomic E-state index is 0.527. The Hall–Kier alpha value is -0.930. The van der Waals surface area contributed by atoms with Crippen LogP contribution in [0.15, 0.2) is 34.6 Å². The SMILES string of the molecule is C=C(CCC(CNC)CC1CCCCC1)Sc1cc(C(C)C)ccc1N. The molecule has 1 unspecified atom stereocenters. The van der Waals surface area contributed by atoms with Crippen molar-refractivity contribution in [2.75, 3.05) is 19.3 Å². The number of nitrogens with two attached hydrogens (primary N) is 1. The molecule has 146 valence electrons. The summed E-state index contributed by atoms with van der Waals surface area (Å²) in [5, 5.41) is 3.40. The van der Waals surface area contributed by atoms with E-state index in [1.54, 1.807) is 11.8 Å². The molecule has 2 nitrogen and oxygen atoms in total. The van der Waals surface area contributed by atoms with Crippen molar-refractivity contribution >= 4 is 17.4 Å². The van der Waals surface area contributed by atoms with Crippen LogP contribution in [0.2, 0.25) is 0 Å². The fourth-order valence-corrected chi connectivity index (χ4v) is 4.97. The molecule has 1 aromatic carbocycles. The standard InChI is InChI=1S/C23H38N2S/c1-17(2)21-12-13-22(24)23(15-21)26-18(3)10-11-20(16-25-4)14-19-8-6-5-7-9-19/h12-13,15,17,19-20,25H,3,5-11,14,16,24H2,1-2,4H3. The zero-order valence-electron chi connectivity index (χ0n) is 17.0. The minimum Gasteiger partial charge on any atom is -0.398 e. The summed E-state index contributed by atoms with van der Waals surface area (Å²) in [6.45, 7) is 9.91.